The molecule has 1 aliphatic carbocycles. The van der Waals surface area contributed by atoms with Crippen LogP contribution in [0.4, 0.5) is 0 Å². The molecule has 0 amide bonds. The largest absolute Gasteiger partial charge is 0.0836 e. The van der Waals surface area contributed by atoms with Crippen LogP contribution < -0.4 is 0 Å². The first kappa shape index (κ1) is 8.06. The number of rotatable bonds is 0. The molecule has 1 aliphatic rings. The van der Waals surface area contributed by atoms with Gasteiger partial charge in [0.1, 0.15) is 0 Å². The second-order valence-corrected chi connectivity index (χ2v) is 2.64. The van der Waals surface area contributed by atoms with Gasteiger partial charge >= 0.3 is 0 Å². The van der Waals surface area contributed by atoms with Crippen molar-refractivity contribution < 1.29 is 0 Å². The average Bonchev–Trinajstić information content (AvgIpc) is 2.05. The molecule has 0 N–H and O–H groups in total. The van der Waals surface area contributed by atoms with Crippen LogP contribution in [0.2, 0.25) is 0 Å². The fourth-order valence-electron chi connectivity index (χ4n) is 1.37. The van der Waals surface area contributed by atoms with E-state index in [1.807, 2.05) is 0 Å². The van der Waals surface area contributed by atoms with Crippen LogP contribution in [0.3, 0.4) is 0 Å². The molecular formula is C11H14. The molecule has 0 unspecified atom stereocenters. The summed E-state index contributed by atoms with van der Waals surface area (Å²) in [4.78, 5) is 0. The van der Waals surface area contributed by atoms with E-state index < -0.39 is 0 Å². The molecule has 0 saturated heterocycles. The average molecular weight is 146 g/mol. The molecule has 1 aromatic rings. The molecular weight excluding hydrogens is 132 g/mol. The molecule has 0 nitrogen and oxygen atoms in total. The van der Waals surface area contributed by atoms with Gasteiger partial charge in [-0.15, -0.1) is 0 Å². The molecule has 58 valence electrons. The highest BCUT2D eigenvalue weighted by Crippen LogP contribution is 2.17. The third-order valence-electron chi connectivity index (χ3n) is 1.93. The van der Waals surface area contributed by atoms with Gasteiger partial charge in [-0.3, -0.25) is 0 Å². The first-order valence-corrected chi connectivity index (χ1v) is 3.71. The summed E-state index contributed by atoms with van der Waals surface area (Å²) in [5.74, 6) is 0. The van der Waals surface area contributed by atoms with Crippen molar-refractivity contribution in [1.29, 1.82) is 0 Å². The molecule has 0 heterocycles. The maximum Gasteiger partial charge on any atom is -0.0228 e. The summed E-state index contributed by atoms with van der Waals surface area (Å²) in [5, 5.41) is 0. The maximum absolute atomic E-state index is 2.24. The number of benzene rings is 1. The van der Waals surface area contributed by atoms with Gasteiger partial charge < -0.3 is 0 Å². The Morgan fingerprint density at radius 3 is 2.73 bits per heavy atom. The minimum Gasteiger partial charge on any atom is -0.0836 e. The van der Waals surface area contributed by atoms with Gasteiger partial charge in [0, 0.05) is 0 Å². The van der Waals surface area contributed by atoms with Gasteiger partial charge in [-0.05, 0) is 24.0 Å². The molecule has 0 heteroatoms. The minimum absolute atomic E-state index is 0. The van der Waals surface area contributed by atoms with E-state index in [1.54, 1.807) is 0 Å². The van der Waals surface area contributed by atoms with Gasteiger partial charge in [0.25, 0.3) is 0 Å². The Morgan fingerprint density at radius 2 is 1.91 bits per heavy atom. The third kappa shape index (κ3) is 1.51. The lowest BCUT2D eigenvalue weighted by Crippen LogP contribution is -1.91. The van der Waals surface area contributed by atoms with Crippen LogP contribution >= 0.6 is 0 Å². The predicted molar refractivity (Wildman–Crippen MR) is 50.5 cm³/mol. The number of fused-ring (bicyclic) bond motifs is 1. The monoisotopic (exact) mass is 146 g/mol. The lowest BCUT2D eigenvalue weighted by molar-refractivity contribution is 0.986. The van der Waals surface area contributed by atoms with Crippen LogP contribution in [0.5, 0.6) is 0 Å². The first-order valence-electron chi connectivity index (χ1n) is 3.71. The zero-order valence-corrected chi connectivity index (χ0v) is 5.88. The maximum atomic E-state index is 2.24. The van der Waals surface area contributed by atoms with Gasteiger partial charge in [0.2, 0.25) is 0 Å². The molecule has 1 aromatic carbocycles. The van der Waals surface area contributed by atoms with E-state index >= 15 is 0 Å². The molecule has 0 bridgehead atoms. The molecule has 11 heavy (non-hydrogen) atoms. The smallest absolute Gasteiger partial charge is 0.0228 e. The SMILES string of the molecule is C.C1=Cc2ccccc2CC1. The molecule has 0 atom stereocenters. The Kier molecular flexibility index (Phi) is 2.48. The van der Waals surface area contributed by atoms with Crippen LogP contribution in [-0.4, -0.2) is 0 Å². The van der Waals surface area contributed by atoms with Gasteiger partial charge in [-0.25, -0.2) is 0 Å². The van der Waals surface area contributed by atoms with Crippen molar-refractivity contribution >= 4 is 6.08 Å². The molecule has 0 fully saturated rings. The summed E-state index contributed by atoms with van der Waals surface area (Å²) in [6.45, 7) is 0. The Balaban J connectivity index is 0.000000605. The molecule has 0 spiro atoms. The summed E-state index contributed by atoms with van der Waals surface area (Å²) in [6.07, 6.45) is 6.87. The van der Waals surface area contributed by atoms with Crippen LogP contribution in [0.1, 0.15) is 25.0 Å². The van der Waals surface area contributed by atoms with E-state index in [0.717, 1.165) is 0 Å². The Bertz CT molecular complexity index is 258. The zero-order chi connectivity index (χ0) is 6.81. The van der Waals surface area contributed by atoms with Gasteiger partial charge in [-0.1, -0.05) is 43.8 Å². The Labute approximate surface area is 68.6 Å². The lowest BCUT2D eigenvalue weighted by atomic mass is 9.98. The summed E-state index contributed by atoms with van der Waals surface area (Å²) < 4.78 is 0. The summed E-state index contributed by atoms with van der Waals surface area (Å²) >= 11 is 0. The normalized spacial score (nSPS) is 13.5. The number of aryl methyl sites for hydroxylation is 1. The number of hydrogen-bond donors (Lipinski definition) is 0. The fourth-order valence-corrected chi connectivity index (χ4v) is 1.37. The van der Waals surface area contributed by atoms with Crippen molar-refractivity contribution in [1.82, 2.24) is 0 Å². The van der Waals surface area contributed by atoms with Crippen LogP contribution in [-0.2, 0) is 6.42 Å². The highest BCUT2D eigenvalue weighted by molar-refractivity contribution is 5.55. The Hall–Kier alpha value is -1.04. The summed E-state index contributed by atoms with van der Waals surface area (Å²) in [5.41, 5.74) is 2.89. The van der Waals surface area contributed by atoms with Crippen molar-refractivity contribution in [2.45, 2.75) is 20.3 Å². The van der Waals surface area contributed by atoms with E-state index in [4.69, 9.17) is 0 Å². The highest BCUT2D eigenvalue weighted by Gasteiger charge is 2.00. The quantitative estimate of drug-likeness (QED) is 0.527. The molecule has 2 rings (SSSR count). The predicted octanol–water partition coefficient (Wildman–Crippen LogP) is 3.28. The van der Waals surface area contributed by atoms with E-state index in [0.29, 0.717) is 0 Å². The summed E-state index contributed by atoms with van der Waals surface area (Å²) in [7, 11) is 0. The standard InChI is InChI=1S/C10H10.CH4/c1-2-6-10-8-4-3-7-9(10)5-1;/h1-3,5-7H,4,8H2;1H4. The second-order valence-electron chi connectivity index (χ2n) is 2.64. The number of hydrogen-bond acceptors (Lipinski definition) is 0. The van der Waals surface area contributed by atoms with Crippen molar-refractivity contribution in [2.75, 3.05) is 0 Å². The van der Waals surface area contributed by atoms with Crippen LogP contribution in [0, 0.1) is 0 Å². The van der Waals surface area contributed by atoms with E-state index in [-0.39, 0.29) is 7.43 Å². The number of allylic oxidation sites excluding steroid dienone is 1. The highest BCUT2D eigenvalue weighted by atomic mass is 14.1. The van der Waals surface area contributed by atoms with Crippen molar-refractivity contribution in [3.05, 3.63) is 41.5 Å². The molecule has 0 aliphatic heterocycles. The second kappa shape index (κ2) is 3.38. The van der Waals surface area contributed by atoms with E-state index in [1.165, 1.54) is 24.0 Å². The Morgan fingerprint density at radius 1 is 1.09 bits per heavy atom. The fraction of sp³-hybridized carbons (Fsp3) is 0.273. The topological polar surface area (TPSA) is 0 Å². The molecule has 0 aromatic heterocycles. The van der Waals surface area contributed by atoms with Crippen LogP contribution in [0.15, 0.2) is 30.3 Å². The van der Waals surface area contributed by atoms with E-state index in [9.17, 15) is 0 Å². The van der Waals surface area contributed by atoms with Crippen molar-refractivity contribution in [2.24, 2.45) is 0 Å². The zero-order valence-electron chi connectivity index (χ0n) is 5.88. The van der Waals surface area contributed by atoms with Crippen molar-refractivity contribution in [3.63, 3.8) is 0 Å². The molecule has 0 saturated carbocycles. The van der Waals surface area contributed by atoms with Gasteiger partial charge in [0.05, 0.1) is 0 Å². The molecule has 0 radical (unpaired) electrons. The lowest BCUT2D eigenvalue weighted by Gasteiger charge is -2.07. The van der Waals surface area contributed by atoms with Crippen molar-refractivity contribution in [3.8, 4) is 0 Å². The van der Waals surface area contributed by atoms with E-state index in [2.05, 4.69) is 36.4 Å². The third-order valence-corrected chi connectivity index (χ3v) is 1.93. The summed E-state index contributed by atoms with van der Waals surface area (Å²) in [6, 6.07) is 8.58. The van der Waals surface area contributed by atoms with Gasteiger partial charge in [-0.2, -0.15) is 0 Å². The minimum atomic E-state index is 0. The van der Waals surface area contributed by atoms with Crippen LogP contribution in [0.25, 0.3) is 6.08 Å². The van der Waals surface area contributed by atoms with Gasteiger partial charge in [0.15, 0.2) is 0 Å². The first-order chi connectivity index (χ1) is 4.97.